The molecule has 7 nitrogen and oxygen atoms in total. The minimum atomic E-state index is -0.0730. The van der Waals surface area contributed by atoms with Crippen LogP contribution in [0.25, 0.3) is 11.4 Å². The second-order valence-electron chi connectivity index (χ2n) is 7.47. The van der Waals surface area contributed by atoms with Gasteiger partial charge in [-0.3, -0.25) is 14.5 Å². The summed E-state index contributed by atoms with van der Waals surface area (Å²) in [5.74, 6) is 1.63. The van der Waals surface area contributed by atoms with Crippen LogP contribution in [-0.4, -0.2) is 30.2 Å². The van der Waals surface area contributed by atoms with E-state index in [0.717, 1.165) is 35.0 Å². The first-order valence-corrected chi connectivity index (χ1v) is 10.5. The van der Waals surface area contributed by atoms with E-state index in [-0.39, 0.29) is 5.91 Å². The van der Waals surface area contributed by atoms with Gasteiger partial charge in [-0.1, -0.05) is 42.0 Å². The van der Waals surface area contributed by atoms with Crippen LogP contribution in [-0.2, 0) is 17.9 Å². The lowest BCUT2D eigenvalue weighted by molar-refractivity contribution is -0.116. The lowest BCUT2D eigenvalue weighted by Crippen LogP contribution is -2.15. The molecule has 0 unspecified atom stereocenters. The van der Waals surface area contributed by atoms with Gasteiger partial charge in [-0.15, -0.1) is 0 Å². The molecule has 0 spiro atoms. The Balaban J connectivity index is 1.37. The summed E-state index contributed by atoms with van der Waals surface area (Å²) in [6.07, 6.45) is 4.04. The molecule has 2 N–H and O–H groups in total. The Labute approximate surface area is 185 Å². The van der Waals surface area contributed by atoms with Crippen molar-refractivity contribution >= 4 is 23.8 Å². The van der Waals surface area contributed by atoms with E-state index >= 15 is 0 Å². The summed E-state index contributed by atoms with van der Waals surface area (Å²) in [5.41, 5.74) is 4.05. The number of aromatic amines is 1. The molecule has 0 atom stereocenters. The number of rotatable bonds is 7. The SMILES string of the molecule is Cc1ccc(-c2n[nH]c(=S)n2CCC(=O)Nc2ccc(Cn3ccnc3C)cc2)cc1. The van der Waals surface area contributed by atoms with Gasteiger partial charge in [-0.2, -0.15) is 5.10 Å². The maximum atomic E-state index is 12.5. The van der Waals surface area contributed by atoms with Crippen molar-refractivity contribution in [2.45, 2.75) is 33.4 Å². The van der Waals surface area contributed by atoms with Gasteiger partial charge >= 0.3 is 0 Å². The Kier molecular flexibility index (Phi) is 6.08. The van der Waals surface area contributed by atoms with Crippen molar-refractivity contribution in [3.05, 3.63) is 82.6 Å². The van der Waals surface area contributed by atoms with Crippen molar-refractivity contribution in [1.29, 1.82) is 0 Å². The number of hydrogen-bond acceptors (Lipinski definition) is 4. The number of aromatic nitrogens is 5. The normalized spacial score (nSPS) is 10.9. The van der Waals surface area contributed by atoms with Crippen LogP contribution < -0.4 is 5.32 Å². The van der Waals surface area contributed by atoms with Crippen LogP contribution in [0.4, 0.5) is 5.69 Å². The third-order valence-corrected chi connectivity index (χ3v) is 5.46. The quantitative estimate of drug-likeness (QED) is 0.422. The Morgan fingerprint density at radius 3 is 2.52 bits per heavy atom. The van der Waals surface area contributed by atoms with Gasteiger partial charge in [-0.25, -0.2) is 4.98 Å². The lowest BCUT2D eigenvalue weighted by Gasteiger charge is -2.09. The summed E-state index contributed by atoms with van der Waals surface area (Å²) in [4.78, 5) is 16.7. The van der Waals surface area contributed by atoms with Gasteiger partial charge in [0.25, 0.3) is 0 Å². The van der Waals surface area contributed by atoms with Gasteiger partial charge < -0.3 is 9.88 Å². The fourth-order valence-electron chi connectivity index (χ4n) is 3.35. The highest BCUT2D eigenvalue weighted by Gasteiger charge is 2.11. The molecular weight excluding hydrogens is 408 g/mol. The number of nitrogens with zero attached hydrogens (tertiary/aromatic N) is 4. The highest BCUT2D eigenvalue weighted by Crippen LogP contribution is 2.18. The van der Waals surface area contributed by atoms with E-state index in [1.165, 1.54) is 5.56 Å². The van der Waals surface area contributed by atoms with E-state index in [2.05, 4.69) is 25.1 Å². The number of aryl methyl sites for hydroxylation is 2. The second kappa shape index (κ2) is 9.09. The van der Waals surface area contributed by atoms with Crippen LogP contribution in [0, 0.1) is 18.6 Å². The van der Waals surface area contributed by atoms with Gasteiger partial charge in [0.15, 0.2) is 10.6 Å². The molecule has 0 aliphatic heterocycles. The van der Waals surface area contributed by atoms with Crippen molar-refractivity contribution in [3.63, 3.8) is 0 Å². The summed E-state index contributed by atoms with van der Waals surface area (Å²) < 4.78 is 4.44. The number of amides is 1. The molecule has 2 aromatic heterocycles. The Morgan fingerprint density at radius 1 is 1.10 bits per heavy atom. The molecule has 2 heterocycles. The lowest BCUT2D eigenvalue weighted by atomic mass is 10.1. The highest BCUT2D eigenvalue weighted by atomic mass is 32.1. The summed E-state index contributed by atoms with van der Waals surface area (Å²) >= 11 is 5.36. The zero-order valence-electron chi connectivity index (χ0n) is 17.5. The van der Waals surface area contributed by atoms with Crippen molar-refractivity contribution in [2.24, 2.45) is 0 Å². The molecule has 2 aromatic carbocycles. The molecule has 0 fully saturated rings. The predicted molar refractivity (Wildman–Crippen MR) is 123 cm³/mol. The van der Waals surface area contributed by atoms with E-state index in [9.17, 15) is 4.79 Å². The maximum absolute atomic E-state index is 12.5. The number of hydrogen-bond donors (Lipinski definition) is 2. The monoisotopic (exact) mass is 432 g/mol. The predicted octanol–water partition coefficient (Wildman–Crippen LogP) is 4.50. The minimum absolute atomic E-state index is 0.0730. The third kappa shape index (κ3) is 4.97. The largest absolute Gasteiger partial charge is 0.331 e. The van der Waals surface area contributed by atoms with E-state index in [1.54, 1.807) is 6.20 Å². The van der Waals surface area contributed by atoms with E-state index < -0.39 is 0 Å². The summed E-state index contributed by atoms with van der Waals surface area (Å²) in [7, 11) is 0. The van der Waals surface area contributed by atoms with Gasteiger partial charge in [0.05, 0.1) is 0 Å². The van der Waals surface area contributed by atoms with E-state index in [1.807, 2.05) is 73.1 Å². The molecule has 31 heavy (non-hydrogen) atoms. The van der Waals surface area contributed by atoms with Crippen molar-refractivity contribution in [3.8, 4) is 11.4 Å². The molecule has 4 aromatic rings. The van der Waals surface area contributed by atoms with Crippen LogP contribution in [0.15, 0.2) is 60.9 Å². The standard InChI is InChI=1S/C23H24N6OS/c1-16-3-7-19(8-4-16)22-26-27-23(31)29(22)13-11-21(30)25-20-9-5-18(6-10-20)15-28-14-12-24-17(28)2/h3-10,12,14H,11,13,15H2,1-2H3,(H,25,30)(H,27,31). The summed E-state index contributed by atoms with van der Waals surface area (Å²) in [5, 5.41) is 10.1. The smallest absolute Gasteiger partial charge is 0.226 e. The van der Waals surface area contributed by atoms with Gasteiger partial charge in [0.1, 0.15) is 5.82 Å². The number of H-pyrrole nitrogens is 1. The van der Waals surface area contributed by atoms with Crippen LogP contribution in [0.2, 0.25) is 0 Å². The summed E-state index contributed by atoms with van der Waals surface area (Å²) in [6, 6.07) is 15.9. The van der Waals surface area contributed by atoms with Crippen molar-refractivity contribution in [1.82, 2.24) is 24.3 Å². The number of imidazole rings is 1. The molecule has 0 aliphatic rings. The highest BCUT2D eigenvalue weighted by molar-refractivity contribution is 7.71. The average Bonchev–Trinajstić information content (AvgIpc) is 3.33. The first kappa shape index (κ1) is 20.7. The van der Waals surface area contributed by atoms with Crippen molar-refractivity contribution in [2.75, 3.05) is 5.32 Å². The number of anilines is 1. The molecule has 0 saturated carbocycles. The molecule has 0 aliphatic carbocycles. The van der Waals surface area contributed by atoms with Gasteiger partial charge in [0.2, 0.25) is 5.91 Å². The zero-order valence-corrected chi connectivity index (χ0v) is 18.3. The first-order chi connectivity index (χ1) is 15.0. The fraction of sp³-hybridized carbons (Fsp3) is 0.217. The fourth-order valence-corrected chi connectivity index (χ4v) is 3.57. The van der Waals surface area contributed by atoms with Crippen LogP contribution in [0.3, 0.4) is 0 Å². The number of carbonyl (C=O) groups is 1. The Bertz CT molecular complexity index is 1230. The number of carbonyl (C=O) groups excluding carboxylic acids is 1. The molecule has 8 heteroatoms. The second-order valence-corrected chi connectivity index (χ2v) is 7.85. The average molecular weight is 433 g/mol. The first-order valence-electron chi connectivity index (χ1n) is 10.1. The third-order valence-electron chi connectivity index (χ3n) is 5.14. The molecule has 0 saturated heterocycles. The van der Waals surface area contributed by atoms with E-state index in [4.69, 9.17) is 12.2 Å². The molecule has 1 amide bonds. The zero-order chi connectivity index (χ0) is 21.8. The Morgan fingerprint density at radius 2 is 1.84 bits per heavy atom. The van der Waals surface area contributed by atoms with Crippen molar-refractivity contribution < 1.29 is 4.79 Å². The van der Waals surface area contributed by atoms with Crippen LogP contribution in [0.1, 0.15) is 23.4 Å². The number of nitrogens with one attached hydrogen (secondary N) is 2. The minimum Gasteiger partial charge on any atom is -0.331 e. The molecule has 0 bridgehead atoms. The molecule has 158 valence electrons. The maximum Gasteiger partial charge on any atom is 0.226 e. The molecular formula is C23H24N6OS. The number of benzene rings is 2. The van der Waals surface area contributed by atoms with Crippen LogP contribution >= 0.6 is 12.2 Å². The Hall–Kier alpha value is -3.52. The molecule has 0 radical (unpaired) electrons. The van der Waals surface area contributed by atoms with Crippen LogP contribution in [0.5, 0.6) is 0 Å². The van der Waals surface area contributed by atoms with E-state index in [0.29, 0.717) is 17.7 Å². The van der Waals surface area contributed by atoms with Gasteiger partial charge in [0, 0.05) is 43.2 Å². The van der Waals surface area contributed by atoms with Gasteiger partial charge in [-0.05, 0) is 43.8 Å². The molecule has 4 rings (SSSR count). The topological polar surface area (TPSA) is 80.5 Å². The summed E-state index contributed by atoms with van der Waals surface area (Å²) in [6.45, 7) is 5.21.